The van der Waals surface area contributed by atoms with Crippen molar-refractivity contribution < 1.29 is 28.5 Å². The number of carbonyl (C=O) groups is 2. The van der Waals surface area contributed by atoms with Gasteiger partial charge in [0.1, 0.15) is 5.69 Å². The summed E-state index contributed by atoms with van der Waals surface area (Å²) in [5.74, 6) is -0.167. The minimum absolute atomic E-state index is 0.188. The van der Waals surface area contributed by atoms with Crippen LogP contribution in [0, 0.1) is 0 Å². The first-order chi connectivity index (χ1) is 14.7. The van der Waals surface area contributed by atoms with Crippen LogP contribution in [-0.4, -0.2) is 46.2 Å². The normalized spacial score (nSPS) is 11.7. The van der Waals surface area contributed by atoms with E-state index in [0.29, 0.717) is 21.5 Å². The molecule has 1 unspecified atom stereocenters. The molecule has 0 aliphatic carbocycles. The molecule has 1 N–H and O–H groups in total. The standard InChI is InChI=1S/C20H21Cl2N3O6/c1-10(26)17(25-24-14-7-12(22)9-16(29-3)19(14)31-5)20(27)23-13-6-11(21)8-15(28-2)18(13)30-4/h6-9,17H,1-5H3,(H,23,27). The first-order valence-corrected chi connectivity index (χ1v) is 9.56. The van der Waals surface area contributed by atoms with Crippen molar-refractivity contribution >= 4 is 46.3 Å². The first kappa shape index (κ1) is 24.2. The maximum atomic E-state index is 12.8. The summed E-state index contributed by atoms with van der Waals surface area (Å²) in [6.45, 7) is 1.22. The fourth-order valence-electron chi connectivity index (χ4n) is 2.65. The van der Waals surface area contributed by atoms with Gasteiger partial charge in [-0.1, -0.05) is 23.2 Å². The highest BCUT2D eigenvalue weighted by Crippen LogP contribution is 2.41. The van der Waals surface area contributed by atoms with Crippen LogP contribution in [0.4, 0.5) is 11.4 Å². The van der Waals surface area contributed by atoms with Gasteiger partial charge in [0.2, 0.25) is 6.04 Å². The summed E-state index contributed by atoms with van der Waals surface area (Å²) >= 11 is 12.1. The van der Waals surface area contributed by atoms with Gasteiger partial charge in [-0.15, -0.1) is 0 Å². The summed E-state index contributed by atoms with van der Waals surface area (Å²) in [5.41, 5.74) is 0.396. The molecular formula is C20H21Cl2N3O6. The highest BCUT2D eigenvalue weighted by molar-refractivity contribution is 6.31. The van der Waals surface area contributed by atoms with E-state index in [1.807, 2.05) is 0 Å². The number of ether oxygens (including phenoxy) is 4. The molecule has 31 heavy (non-hydrogen) atoms. The summed E-state index contributed by atoms with van der Waals surface area (Å²) in [6, 6.07) is 4.53. The van der Waals surface area contributed by atoms with Crippen molar-refractivity contribution in [2.75, 3.05) is 33.8 Å². The molecule has 0 fully saturated rings. The van der Waals surface area contributed by atoms with Crippen molar-refractivity contribution in [1.29, 1.82) is 0 Å². The van der Waals surface area contributed by atoms with E-state index in [2.05, 4.69) is 15.5 Å². The van der Waals surface area contributed by atoms with Crippen LogP contribution >= 0.6 is 23.2 Å². The Balaban J connectivity index is 2.39. The number of hydrogen-bond donors (Lipinski definition) is 1. The Morgan fingerprint density at radius 1 is 0.871 bits per heavy atom. The molecule has 166 valence electrons. The largest absolute Gasteiger partial charge is 0.493 e. The fourth-order valence-corrected chi connectivity index (χ4v) is 3.06. The molecule has 9 nitrogen and oxygen atoms in total. The maximum Gasteiger partial charge on any atom is 0.258 e. The van der Waals surface area contributed by atoms with E-state index in [1.54, 1.807) is 0 Å². The lowest BCUT2D eigenvalue weighted by molar-refractivity contribution is -0.126. The number of nitrogens with one attached hydrogen (secondary N) is 1. The molecule has 0 aromatic heterocycles. The lowest BCUT2D eigenvalue weighted by atomic mass is 10.2. The third-order valence-corrected chi connectivity index (χ3v) is 4.48. The third kappa shape index (κ3) is 5.77. The second-order valence-corrected chi connectivity index (χ2v) is 6.94. The minimum atomic E-state index is -1.45. The van der Waals surface area contributed by atoms with Gasteiger partial charge in [0.15, 0.2) is 28.8 Å². The molecule has 2 aromatic carbocycles. The molecular weight excluding hydrogens is 449 g/mol. The Morgan fingerprint density at radius 3 is 1.94 bits per heavy atom. The van der Waals surface area contributed by atoms with Crippen LogP contribution in [0.25, 0.3) is 0 Å². The molecule has 0 heterocycles. The zero-order valence-corrected chi connectivity index (χ0v) is 19.0. The zero-order chi connectivity index (χ0) is 23.1. The highest BCUT2D eigenvalue weighted by Gasteiger charge is 2.26. The topological polar surface area (TPSA) is 108 Å². The number of carbonyl (C=O) groups excluding carboxylic acids is 2. The van der Waals surface area contributed by atoms with Crippen LogP contribution in [0.2, 0.25) is 10.0 Å². The van der Waals surface area contributed by atoms with E-state index in [1.165, 1.54) is 59.6 Å². The Kier molecular flexibility index (Phi) is 8.47. The molecule has 0 bridgehead atoms. The molecule has 0 aliphatic rings. The number of halogens is 2. The van der Waals surface area contributed by atoms with Gasteiger partial charge in [-0.3, -0.25) is 9.59 Å². The molecule has 1 atom stereocenters. The van der Waals surface area contributed by atoms with E-state index in [9.17, 15) is 9.59 Å². The van der Waals surface area contributed by atoms with Gasteiger partial charge in [-0.2, -0.15) is 10.2 Å². The summed E-state index contributed by atoms with van der Waals surface area (Å²) in [7, 11) is 5.69. The molecule has 11 heteroatoms. The number of hydrogen-bond acceptors (Lipinski definition) is 8. The zero-order valence-electron chi connectivity index (χ0n) is 17.5. The molecule has 0 saturated heterocycles. The van der Waals surface area contributed by atoms with Gasteiger partial charge in [-0.25, -0.2) is 0 Å². The van der Waals surface area contributed by atoms with Crippen LogP contribution in [0.1, 0.15) is 6.92 Å². The van der Waals surface area contributed by atoms with E-state index >= 15 is 0 Å². The second kappa shape index (κ2) is 10.8. The van der Waals surface area contributed by atoms with E-state index in [-0.39, 0.29) is 22.9 Å². The number of ketones is 1. The highest BCUT2D eigenvalue weighted by atomic mass is 35.5. The number of rotatable bonds is 9. The number of anilines is 1. The van der Waals surface area contributed by atoms with E-state index in [0.717, 1.165) is 0 Å². The Bertz CT molecular complexity index is 1010. The van der Waals surface area contributed by atoms with Gasteiger partial charge in [0, 0.05) is 22.2 Å². The van der Waals surface area contributed by atoms with E-state index in [4.69, 9.17) is 42.1 Å². The van der Waals surface area contributed by atoms with Gasteiger partial charge >= 0.3 is 0 Å². The number of benzene rings is 2. The SMILES string of the molecule is COc1cc(Cl)cc(N=NC(C(C)=O)C(=O)Nc2cc(Cl)cc(OC)c2OC)c1OC. The number of amides is 1. The summed E-state index contributed by atoms with van der Waals surface area (Å²) < 4.78 is 21.0. The number of methoxy groups -OCH3 is 4. The van der Waals surface area contributed by atoms with Crippen molar-refractivity contribution in [2.24, 2.45) is 10.2 Å². The van der Waals surface area contributed by atoms with Crippen molar-refractivity contribution in [3.63, 3.8) is 0 Å². The monoisotopic (exact) mass is 469 g/mol. The molecule has 0 spiro atoms. The van der Waals surface area contributed by atoms with Crippen LogP contribution < -0.4 is 24.3 Å². The number of nitrogens with zero attached hydrogens (tertiary/aromatic N) is 2. The van der Waals surface area contributed by atoms with Crippen molar-refractivity contribution in [3.8, 4) is 23.0 Å². The second-order valence-electron chi connectivity index (χ2n) is 6.07. The molecule has 2 rings (SSSR count). The van der Waals surface area contributed by atoms with Gasteiger partial charge in [-0.05, 0) is 19.1 Å². The first-order valence-electron chi connectivity index (χ1n) is 8.80. The summed E-state index contributed by atoms with van der Waals surface area (Å²) in [5, 5.41) is 11.1. The molecule has 0 radical (unpaired) electrons. The van der Waals surface area contributed by atoms with Gasteiger partial charge in [0.25, 0.3) is 5.91 Å². The Labute approximate surface area is 189 Å². The van der Waals surface area contributed by atoms with Crippen LogP contribution in [0.15, 0.2) is 34.5 Å². The van der Waals surface area contributed by atoms with Crippen LogP contribution in [0.3, 0.4) is 0 Å². The molecule has 0 saturated carbocycles. The molecule has 1 amide bonds. The van der Waals surface area contributed by atoms with Crippen LogP contribution in [0.5, 0.6) is 23.0 Å². The van der Waals surface area contributed by atoms with Crippen molar-refractivity contribution in [1.82, 2.24) is 0 Å². The summed E-state index contributed by atoms with van der Waals surface area (Å²) in [4.78, 5) is 24.9. The minimum Gasteiger partial charge on any atom is -0.493 e. The predicted octanol–water partition coefficient (Wildman–Crippen LogP) is 4.71. The Hall–Kier alpha value is -3.04. The van der Waals surface area contributed by atoms with Gasteiger partial charge in [0.05, 0.1) is 34.1 Å². The number of Topliss-reactive ketones (excluding diaryl/α,β-unsaturated/α-hetero) is 1. The quantitative estimate of drug-likeness (QED) is 0.420. The summed E-state index contributed by atoms with van der Waals surface area (Å²) in [6.07, 6.45) is 0. The lowest BCUT2D eigenvalue weighted by Gasteiger charge is -2.15. The smallest absolute Gasteiger partial charge is 0.258 e. The average molecular weight is 470 g/mol. The fraction of sp³-hybridized carbons (Fsp3) is 0.300. The van der Waals surface area contributed by atoms with Crippen LogP contribution in [-0.2, 0) is 9.59 Å². The third-order valence-electron chi connectivity index (χ3n) is 4.04. The van der Waals surface area contributed by atoms with Crippen molar-refractivity contribution in [3.05, 3.63) is 34.3 Å². The predicted molar refractivity (Wildman–Crippen MR) is 117 cm³/mol. The van der Waals surface area contributed by atoms with Crippen molar-refractivity contribution in [2.45, 2.75) is 13.0 Å². The van der Waals surface area contributed by atoms with Gasteiger partial charge < -0.3 is 24.3 Å². The maximum absolute atomic E-state index is 12.8. The van der Waals surface area contributed by atoms with E-state index < -0.39 is 17.7 Å². The average Bonchev–Trinajstić information content (AvgIpc) is 2.72. The molecule has 0 aliphatic heterocycles. The Morgan fingerprint density at radius 2 is 1.42 bits per heavy atom. The number of azo groups is 1. The molecule has 2 aromatic rings. The lowest BCUT2D eigenvalue weighted by Crippen LogP contribution is -2.32.